The zero-order valence-corrected chi connectivity index (χ0v) is 14.9. The summed E-state index contributed by atoms with van der Waals surface area (Å²) in [5.41, 5.74) is 2.16. The third-order valence-electron chi connectivity index (χ3n) is 4.06. The molecule has 1 N–H and O–H groups in total. The third-order valence-corrected chi connectivity index (χ3v) is 5.66. The van der Waals surface area contributed by atoms with Crippen LogP contribution in [0.2, 0.25) is 0 Å². The molecule has 0 saturated carbocycles. The summed E-state index contributed by atoms with van der Waals surface area (Å²) in [5, 5.41) is 0. The first-order valence-electron chi connectivity index (χ1n) is 8.13. The summed E-state index contributed by atoms with van der Waals surface area (Å²) in [7, 11) is -1.90. The lowest BCUT2D eigenvalue weighted by Crippen LogP contribution is -2.30. The van der Waals surface area contributed by atoms with E-state index in [1.54, 1.807) is 25.3 Å². The lowest BCUT2D eigenvalue weighted by atomic mass is 9.98. The molecule has 1 aliphatic carbocycles. The van der Waals surface area contributed by atoms with Crippen LogP contribution in [0, 0.1) is 0 Å². The number of rotatable bonds is 7. The molecule has 0 aromatic heterocycles. The van der Waals surface area contributed by atoms with Crippen LogP contribution in [0.25, 0.3) is 6.08 Å². The number of allylic oxidation sites excluding steroid dienone is 1. The van der Waals surface area contributed by atoms with Gasteiger partial charge in [-0.15, -0.1) is 0 Å². The molecule has 0 fully saturated rings. The van der Waals surface area contributed by atoms with Crippen molar-refractivity contribution in [2.75, 3.05) is 20.3 Å². The van der Waals surface area contributed by atoms with Gasteiger partial charge in [-0.2, -0.15) is 0 Å². The molecule has 0 saturated heterocycles. The van der Waals surface area contributed by atoms with E-state index in [0.717, 1.165) is 12.0 Å². The first kappa shape index (κ1) is 17.5. The van der Waals surface area contributed by atoms with Gasteiger partial charge in [-0.3, -0.25) is 0 Å². The molecule has 0 spiro atoms. The molecule has 3 rings (SSSR count). The summed E-state index contributed by atoms with van der Waals surface area (Å²) in [6, 6.07) is 15.1. The summed E-state index contributed by atoms with van der Waals surface area (Å²) in [6.07, 6.45) is 3.01. The monoisotopic (exact) mass is 359 g/mol. The third kappa shape index (κ3) is 4.41. The normalized spacial score (nSPS) is 13.7. The van der Waals surface area contributed by atoms with Gasteiger partial charge in [0.1, 0.15) is 18.1 Å². The van der Waals surface area contributed by atoms with E-state index < -0.39 is 10.0 Å². The number of hydrogen-bond acceptors (Lipinski definition) is 4. The molecule has 6 heteroatoms. The topological polar surface area (TPSA) is 64.6 Å². The van der Waals surface area contributed by atoms with E-state index in [4.69, 9.17) is 9.47 Å². The molecular formula is C19H21NO4S. The minimum atomic E-state index is -3.49. The number of methoxy groups -OCH3 is 1. The standard InChI is InChI=1S/C19H21NO4S/c1-23-17-7-4-8-18(14-17)24-12-11-20-25(21,22)19-10-9-15-5-2-3-6-16(15)13-19/h2-8,13-14,20H,9-12H2,1H3. The number of hydrogen-bond donors (Lipinski definition) is 1. The lowest BCUT2D eigenvalue weighted by Gasteiger charge is -2.17. The molecule has 0 heterocycles. The van der Waals surface area contributed by atoms with Crippen molar-refractivity contribution in [2.24, 2.45) is 0 Å². The maximum atomic E-state index is 12.5. The number of ether oxygens (including phenoxy) is 2. The predicted octanol–water partition coefficient (Wildman–Crippen LogP) is 2.98. The highest BCUT2D eigenvalue weighted by Gasteiger charge is 2.21. The average Bonchev–Trinajstić information content (AvgIpc) is 2.65. The highest BCUT2D eigenvalue weighted by Crippen LogP contribution is 2.26. The van der Waals surface area contributed by atoms with Crippen molar-refractivity contribution in [1.29, 1.82) is 0 Å². The van der Waals surface area contributed by atoms with E-state index in [1.165, 1.54) is 5.56 Å². The molecule has 5 nitrogen and oxygen atoms in total. The lowest BCUT2D eigenvalue weighted by molar-refractivity contribution is 0.320. The molecule has 0 amide bonds. The van der Waals surface area contributed by atoms with Crippen LogP contribution in [0.4, 0.5) is 0 Å². The first-order valence-corrected chi connectivity index (χ1v) is 9.62. The van der Waals surface area contributed by atoms with Gasteiger partial charge in [0.05, 0.1) is 12.0 Å². The Bertz CT molecular complexity index is 874. The SMILES string of the molecule is COc1cccc(OCCNS(=O)(=O)C2=Cc3ccccc3CC2)c1. The van der Waals surface area contributed by atoms with Crippen LogP contribution in [-0.4, -0.2) is 28.7 Å². The molecule has 0 atom stereocenters. The van der Waals surface area contributed by atoms with E-state index in [1.807, 2.05) is 36.4 Å². The molecule has 0 bridgehead atoms. The molecule has 25 heavy (non-hydrogen) atoms. The molecule has 1 aliphatic rings. The quantitative estimate of drug-likeness (QED) is 0.772. The van der Waals surface area contributed by atoms with Gasteiger partial charge in [-0.1, -0.05) is 30.3 Å². The van der Waals surface area contributed by atoms with Crippen molar-refractivity contribution >= 4 is 16.1 Å². The molecule has 2 aromatic rings. The summed E-state index contributed by atoms with van der Waals surface area (Å²) < 4.78 is 38.2. The number of fused-ring (bicyclic) bond motifs is 1. The van der Waals surface area contributed by atoms with Crippen molar-refractivity contribution in [1.82, 2.24) is 4.72 Å². The number of benzene rings is 2. The summed E-state index contributed by atoms with van der Waals surface area (Å²) in [4.78, 5) is 0.424. The van der Waals surface area contributed by atoms with E-state index in [9.17, 15) is 8.42 Å². The molecule has 0 radical (unpaired) electrons. The van der Waals surface area contributed by atoms with Gasteiger partial charge in [-0.25, -0.2) is 13.1 Å². The van der Waals surface area contributed by atoms with Crippen LogP contribution in [0.3, 0.4) is 0 Å². The van der Waals surface area contributed by atoms with E-state index in [2.05, 4.69) is 4.72 Å². The fourth-order valence-corrected chi connectivity index (χ4v) is 3.94. The molecule has 2 aromatic carbocycles. The average molecular weight is 359 g/mol. The Kier molecular flexibility index (Phi) is 5.40. The summed E-state index contributed by atoms with van der Waals surface area (Å²) in [6.45, 7) is 0.453. The van der Waals surface area contributed by atoms with Crippen molar-refractivity contribution < 1.29 is 17.9 Å². The summed E-state index contributed by atoms with van der Waals surface area (Å²) in [5.74, 6) is 1.34. The second kappa shape index (κ2) is 7.72. The van der Waals surface area contributed by atoms with E-state index >= 15 is 0 Å². The largest absolute Gasteiger partial charge is 0.497 e. The minimum absolute atomic E-state index is 0.207. The maximum Gasteiger partial charge on any atom is 0.236 e. The maximum absolute atomic E-state index is 12.5. The second-order valence-electron chi connectivity index (χ2n) is 5.73. The predicted molar refractivity (Wildman–Crippen MR) is 98.2 cm³/mol. The van der Waals surface area contributed by atoms with Crippen LogP contribution in [0.15, 0.2) is 53.4 Å². The van der Waals surface area contributed by atoms with Crippen molar-refractivity contribution in [3.05, 3.63) is 64.6 Å². The zero-order valence-electron chi connectivity index (χ0n) is 14.1. The van der Waals surface area contributed by atoms with Crippen LogP contribution in [-0.2, 0) is 16.4 Å². The van der Waals surface area contributed by atoms with Crippen molar-refractivity contribution in [3.8, 4) is 11.5 Å². The van der Waals surface area contributed by atoms with Crippen LogP contribution >= 0.6 is 0 Å². The van der Waals surface area contributed by atoms with Crippen LogP contribution in [0.5, 0.6) is 11.5 Å². The molecule has 132 valence electrons. The Morgan fingerprint density at radius 3 is 2.68 bits per heavy atom. The van der Waals surface area contributed by atoms with Gasteiger partial charge in [0, 0.05) is 12.6 Å². The van der Waals surface area contributed by atoms with Crippen LogP contribution in [0.1, 0.15) is 17.5 Å². The Balaban J connectivity index is 1.56. The second-order valence-corrected chi connectivity index (χ2v) is 7.55. The smallest absolute Gasteiger partial charge is 0.236 e. The first-order chi connectivity index (χ1) is 12.1. The van der Waals surface area contributed by atoms with Crippen LogP contribution < -0.4 is 14.2 Å². The highest BCUT2D eigenvalue weighted by atomic mass is 32.2. The Hall–Kier alpha value is -2.31. The van der Waals surface area contributed by atoms with Gasteiger partial charge in [0.25, 0.3) is 0 Å². The van der Waals surface area contributed by atoms with Gasteiger partial charge in [-0.05, 0) is 42.2 Å². The molecular weight excluding hydrogens is 338 g/mol. The van der Waals surface area contributed by atoms with Gasteiger partial charge >= 0.3 is 0 Å². The van der Waals surface area contributed by atoms with E-state index in [0.29, 0.717) is 22.8 Å². The summed E-state index contributed by atoms with van der Waals surface area (Å²) >= 11 is 0. The Morgan fingerprint density at radius 2 is 1.84 bits per heavy atom. The van der Waals surface area contributed by atoms with Gasteiger partial charge in [0.2, 0.25) is 10.0 Å². The minimum Gasteiger partial charge on any atom is -0.497 e. The number of nitrogens with one attached hydrogen (secondary N) is 1. The fraction of sp³-hybridized carbons (Fsp3) is 0.263. The molecule has 0 aliphatic heterocycles. The Labute approximate surface area is 148 Å². The van der Waals surface area contributed by atoms with Crippen molar-refractivity contribution in [3.63, 3.8) is 0 Å². The number of aryl methyl sites for hydroxylation is 1. The van der Waals surface area contributed by atoms with Gasteiger partial charge < -0.3 is 9.47 Å². The molecule has 0 unspecified atom stereocenters. The van der Waals surface area contributed by atoms with Gasteiger partial charge in [0.15, 0.2) is 0 Å². The van der Waals surface area contributed by atoms with Crippen molar-refractivity contribution in [2.45, 2.75) is 12.8 Å². The highest BCUT2D eigenvalue weighted by molar-refractivity contribution is 7.93. The zero-order chi connectivity index (χ0) is 17.7. The number of sulfonamides is 1. The Morgan fingerprint density at radius 1 is 1.04 bits per heavy atom. The van der Waals surface area contributed by atoms with E-state index in [-0.39, 0.29) is 13.2 Å². The fourth-order valence-electron chi connectivity index (χ4n) is 2.75.